The van der Waals surface area contributed by atoms with Gasteiger partial charge in [0.1, 0.15) is 0 Å². The Labute approximate surface area is 345 Å². The van der Waals surface area contributed by atoms with Crippen LogP contribution in [-0.4, -0.2) is 34.0 Å². The molecule has 8 nitrogen and oxygen atoms in total. The van der Waals surface area contributed by atoms with E-state index in [2.05, 4.69) is 37.5 Å². The van der Waals surface area contributed by atoms with E-state index >= 15 is 0 Å². The van der Waals surface area contributed by atoms with E-state index in [1.165, 1.54) is 154 Å². The number of carboxylic acids is 2. The van der Waals surface area contributed by atoms with Crippen LogP contribution in [0.3, 0.4) is 0 Å². The monoisotopic (exact) mass is 789 g/mol. The quantitative estimate of drug-likeness (QED) is 0.0360. The van der Waals surface area contributed by atoms with E-state index in [1.807, 2.05) is 0 Å². The first-order valence-electron chi connectivity index (χ1n) is 23.1. The number of unbranched alkanes of at least 4 members (excludes halogenated alkanes) is 30. The average Bonchev–Trinajstić information content (AvgIpc) is 3.15. The van der Waals surface area contributed by atoms with Gasteiger partial charge in [-0.05, 0) is 50.4 Å². The standard InChI is InChI=1S/2C16H33NO.C16H22O4/c2*1-2-3-4-5-6-7-8-9-10-11-12-13-14-15-16(17)18;17-15(18)13-11-9-7-5-3-1-2-4-6-8-10-12-14-16(19)20/h2*2-15H2,1H3,(H2,17,18);5-14H2,(H,17,18)(H,19,20). The van der Waals surface area contributed by atoms with Crippen LogP contribution in [0.25, 0.3) is 0 Å². The first kappa shape index (κ1) is 57.3. The Balaban J connectivity index is -0.000000754. The molecule has 0 aliphatic heterocycles. The molecule has 0 bridgehead atoms. The summed E-state index contributed by atoms with van der Waals surface area (Å²) >= 11 is 0. The van der Waals surface area contributed by atoms with Crippen molar-refractivity contribution in [3.8, 4) is 23.7 Å². The zero-order valence-corrected chi connectivity index (χ0v) is 36.6. The van der Waals surface area contributed by atoms with Gasteiger partial charge in [0.2, 0.25) is 11.8 Å². The minimum atomic E-state index is -0.745. The number of nitrogens with two attached hydrogens (primary N) is 2. The molecule has 0 heterocycles. The Bertz CT molecular complexity index is 927. The van der Waals surface area contributed by atoms with Gasteiger partial charge in [-0.1, -0.05) is 193 Å². The van der Waals surface area contributed by atoms with Crippen molar-refractivity contribution in [3.63, 3.8) is 0 Å². The van der Waals surface area contributed by atoms with E-state index in [4.69, 9.17) is 21.7 Å². The maximum atomic E-state index is 10.5. The van der Waals surface area contributed by atoms with Crippen LogP contribution in [0.1, 0.15) is 258 Å². The van der Waals surface area contributed by atoms with Gasteiger partial charge in [0.15, 0.2) is 0 Å². The van der Waals surface area contributed by atoms with E-state index in [0.717, 1.165) is 51.4 Å². The molecule has 0 aliphatic carbocycles. The first-order chi connectivity index (χ1) is 27.2. The fourth-order valence-electron chi connectivity index (χ4n) is 6.18. The van der Waals surface area contributed by atoms with Gasteiger partial charge in [-0.2, -0.15) is 0 Å². The van der Waals surface area contributed by atoms with Gasteiger partial charge in [0.05, 0.1) is 0 Å². The SMILES string of the molecule is CCCCCCCCCCCCCCCC(N)=O.CCCCCCCCCCCCCCCC(N)=O.O=C(O)CCCCCC#CC#CCCCCCC(=O)O. The summed E-state index contributed by atoms with van der Waals surface area (Å²) in [7, 11) is 0. The van der Waals surface area contributed by atoms with Crippen LogP contribution in [0.15, 0.2) is 0 Å². The highest BCUT2D eigenvalue weighted by Crippen LogP contribution is 2.14. The van der Waals surface area contributed by atoms with Crippen molar-refractivity contribution in [2.75, 3.05) is 0 Å². The molecule has 0 radical (unpaired) electrons. The summed E-state index contributed by atoms with van der Waals surface area (Å²) in [6.07, 6.45) is 42.9. The van der Waals surface area contributed by atoms with Crippen molar-refractivity contribution >= 4 is 23.8 Å². The molecule has 0 saturated heterocycles. The Morgan fingerprint density at radius 2 is 0.554 bits per heavy atom. The molecular weight excluding hydrogens is 701 g/mol. The third kappa shape index (κ3) is 65.9. The lowest BCUT2D eigenvalue weighted by atomic mass is 10.0. The number of hydrogen-bond donors (Lipinski definition) is 4. The zero-order valence-electron chi connectivity index (χ0n) is 36.6. The summed E-state index contributed by atoms with van der Waals surface area (Å²) in [5.74, 6) is 9.63. The molecule has 0 atom stereocenters. The molecule has 0 aromatic rings. The predicted octanol–water partition coefficient (Wildman–Crippen LogP) is 13.0. The molecule has 326 valence electrons. The molecule has 0 saturated carbocycles. The van der Waals surface area contributed by atoms with Gasteiger partial charge in [-0.3, -0.25) is 19.2 Å². The van der Waals surface area contributed by atoms with Gasteiger partial charge in [-0.25, -0.2) is 0 Å². The highest BCUT2D eigenvalue weighted by atomic mass is 16.4. The second-order valence-corrected chi connectivity index (χ2v) is 15.4. The number of carbonyl (C=O) groups excluding carboxylic acids is 2. The maximum absolute atomic E-state index is 10.5. The second kappa shape index (κ2) is 52.0. The van der Waals surface area contributed by atoms with Crippen LogP contribution in [0.2, 0.25) is 0 Å². The van der Waals surface area contributed by atoms with Crippen LogP contribution in [0.4, 0.5) is 0 Å². The lowest BCUT2D eigenvalue weighted by molar-refractivity contribution is -0.138. The van der Waals surface area contributed by atoms with Gasteiger partial charge in [0, 0.05) is 38.5 Å². The topological polar surface area (TPSA) is 161 Å². The lowest BCUT2D eigenvalue weighted by Gasteiger charge is -2.02. The molecule has 0 fully saturated rings. The normalized spacial score (nSPS) is 10.1. The van der Waals surface area contributed by atoms with Crippen molar-refractivity contribution in [1.82, 2.24) is 0 Å². The molecule has 0 unspecified atom stereocenters. The van der Waals surface area contributed by atoms with Crippen LogP contribution in [-0.2, 0) is 19.2 Å². The van der Waals surface area contributed by atoms with Crippen molar-refractivity contribution < 1.29 is 29.4 Å². The largest absolute Gasteiger partial charge is 0.481 e. The number of aliphatic carboxylic acids is 2. The van der Waals surface area contributed by atoms with Crippen LogP contribution in [0.5, 0.6) is 0 Å². The minimum absolute atomic E-state index is 0.155. The Kier molecular flexibility index (Phi) is 53.2. The van der Waals surface area contributed by atoms with Gasteiger partial charge in [-0.15, -0.1) is 0 Å². The second-order valence-electron chi connectivity index (χ2n) is 15.4. The molecular formula is C48H88N2O6. The fraction of sp³-hybridized carbons (Fsp3) is 0.833. The van der Waals surface area contributed by atoms with E-state index in [9.17, 15) is 19.2 Å². The van der Waals surface area contributed by atoms with Crippen LogP contribution in [0, 0.1) is 23.7 Å². The number of amides is 2. The summed E-state index contributed by atoms with van der Waals surface area (Å²) in [5, 5.41) is 16.9. The summed E-state index contributed by atoms with van der Waals surface area (Å²) in [6.45, 7) is 4.53. The molecule has 0 spiro atoms. The third-order valence-corrected chi connectivity index (χ3v) is 9.68. The highest BCUT2D eigenvalue weighted by molar-refractivity contribution is 5.73. The number of carbonyl (C=O) groups is 4. The van der Waals surface area contributed by atoms with E-state index in [0.29, 0.717) is 25.7 Å². The Hall–Kier alpha value is -3.00. The molecule has 0 aromatic carbocycles. The van der Waals surface area contributed by atoms with Gasteiger partial charge >= 0.3 is 11.9 Å². The summed E-state index contributed by atoms with van der Waals surface area (Å²) < 4.78 is 0. The molecule has 0 aliphatic rings. The number of hydrogen-bond acceptors (Lipinski definition) is 4. The van der Waals surface area contributed by atoms with Crippen molar-refractivity contribution in [2.24, 2.45) is 11.5 Å². The zero-order chi connectivity index (χ0) is 42.0. The molecule has 0 rings (SSSR count). The highest BCUT2D eigenvalue weighted by Gasteiger charge is 1.98. The van der Waals surface area contributed by atoms with Crippen LogP contribution < -0.4 is 11.5 Å². The van der Waals surface area contributed by atoms with Crippen LogP contribution >= 0.6 is 0 Å². The van der Waals surface area contributed by atoms with E-state index < -0.39 is 11.9 Å². The van der Waals surface area contributed by atoms with E-state index in [-0.39, 0.29) is 24.7 Å². The molecule has 0 aromatic heterocycles. The van der Waals surface area contributed by atoms with E-state index in [1.54, 1.807) is 0 Å². The Morgan fingerprint density at radius 1 is 0.339 bits per heavy atom. The first-order valence-corrected chi connectivity index (χ1v) is 23.1. The molecule has 8 heteroatoms. The summed E-state index contributed by atoms with van der Waals surface area (Å²) in [5.41, 5.74) is 10.2. The van der Waals surface area contributed by atoms with Crippen molar-refractivity contribution in [3.05, 3.63) is 0 Å². The van der Waals surface area contributed by atoms with Crippen molar-refractivity contribution in [1.29, 1.82) is 0 Å². The van der Waals surface area contributed by atoms with Gasteiger partial charge in [0.25, 0.3) is 0 Å². The molecule has 2 amide bonds. The lowest BCUT2D eigenvalue weighted by Crippen LogP contribution is -2.09. The molecule has 6 N–H and O–H groups in total. The summed E-state index contributed by atoms with van der Waals surface area (Å²) in [4.78, 5) is 41.6. The number of carboxylic acid groups (broad SMARTS) is 2. The number of rotatable bonds is 38. The fourth-order valence-corrected chi connectivity index (χ4v) is 6.18. The molecule has 56 heavy (non-hydrogen) atoms. The van der Waals surface area contributed by atoms with Crippen molar-refractivity contribution in [2.45, 2.75) is 258 Å². The summed E-state index contributed by atoms with van der Waals surface area (Å²) in [6, 6.07) is 0. The maximum Gasteiger partial charge on any atom is 0.303 e. The average molecular weight is 789 g/mol. The minimum Gasteiger partial charge on any atom is -0.481 e. The predicted molar refractivity (Wildman–Crippen MR) is 236 cm³/mol. The number of primary amides is 2. The Morgan fingerprint density at radius 3 is 0.786 bits per heavy atom. The van der Waals surface area contributed by atoms with Gasteiger partial charge < -0.3 is 21.7 Å². The third-order valence-electron chi connectivity index (χ3n) is 9.68. The smallest absolute Gasteiger partial charge is 0.303 e.